The number of aromatic nitrogens is 3. The molecule has 0 spiro atoms. The summed E-state index contributed by atoms with van der Waals surface area (Å²) in [5.74, 6) is 2.64. The summed E-state index contributed by atoms with van der Waals surface area (Å²) >= 11 is 3.44. The number of aryl methyl sites for hydroxylation is 1. The van der Waals surface area contributed by atoms with Crippen molar-refractivity contribution in [1.29, 1.82) is 0 Å². The molecule has 5 nitrogen and oxygen atoms in total. The van der Waals surface area contributed by atoms with E-state index >= 15 is 0 Å². The van der Waals surface area contributed by atoms with Crippen LogP contribution < -0.4 is 9.47 Å². The molecule has 0 fully saturated rings. The van der Waals surface area contributed by atoms with Crippen molar-refractivity contribution in [3.05, 3.63) is 64.5 Å². The lowest BCUT2D eigenvalue weighted by Crippen LogP contribution is -2.04. The molecule has 0 aliphatic carbocycles. The summed E-state index contributed by atoms with van der Waals surface area (Å²) in [5.41, 5.74) is 2.43. The number of halogens is 1. The predicted octanol–water partition coefficient (Wildman–Crippen LogP) is 5.75. The van der Waals surface area contributed by atoms with Gasteiger partial charge in [0.1, 0.15) is 0 Å². The highest BCUT2D eigenvalue weighted by atomic mass is 79.9. The van der Waals surface area contributed by atoms with Crippen LogP contribution in [0.25, 0.3) is 5.82 Å². The Morgan fingerprint density at radius 3 is 2.72 bits per heavy atom. The van der Waals surface area contributed by atoms with Crippen molar-refractivity contribution in [3.63, 3.8) is 0 Å². The van der Waals surface area contributed by atoms with E-state index in [9.17, 15) is 0 Å². The minimum absolute atomic E-state index is 0.449. The number of rotatable bonds is 10. The average Bonchev–Trinajstić information content (AvgIpc) is 3.17. The van der Waals surface area contributed by atoms with Crippen LogP contribution in [0, 0.1) is 6.07 Å². The van der Waals surface area contributed by atoms with Gasteiger partial charge in [-0.2, -0.15) is 5.10 Å². The number of pyridine rings is 1. The molecule has 0 aliphatic rings. The summed E-state index contributed by atoms with van der Waals surface area (Å²) in [6, 6.07) is 12.6. The Morgan fingerprint density at radius 1 is 1.21 bits per heavy atom. The maximum atomic E-state index is 5.88. The number of para-hydroxylation sites is 1. The highest BCUT2D eigenvalue weighted by Crippen LogP contribution is 2.28. The topological polar surface area (TPSA) is 49.2 Å². The van der Waals surface area contributed by atoms with Crippen molar-refractivity contribution in [1.82, 2.24) is 14.8 Å². The molecule has 153 valence electrons. The van der Waals surface area contributed by atoms with Crippen molar-refractivity contribution in [2.75, 3.05) is 13.7 Å². The van der Waals surface area contributed by atoms with Gasteiger partial charge in [0.05, 0.1) is 19.4 Å². The first-order valence-electron chi connectivity index (χ1n) is 10.0. The first-order valence-corrected chi connectivity index (χ1v) is 10.8. The summed E-state index contributed by atoms with van der Waals surface area (Å²) in [6.07, 6.45) is 7.84. The first-order chi connectivity index (χ1) is 14.2. The number of hydrogen-bond donors (Lipinski definition) is 0. The van der Waals surface area contributed by atoms with Gasteiger partial charge < -0.3 is 9.47 Å². The molecular weight excluding hydrogens is 430 g/mol. The number of ether oxygens (including phenoxy) is 2. The monoisotopic (exact) mass is 456 g/mol. The molecule has 0 N–H and O–H groups in total. The molecule has 3 aromatic rings. The second kappa shape index (κ2) is 10.4. The fraction of sp³-hybridized carbons (Fsp3) is 0.391. The van der Waals surface area contributed by atoms with E-state index in [4.69, 9.17) is 14.6 Å². The maximum absolute atomic E-state index is 5.88. The minimum atomic E-state index is 0.449. The smallest absolute Gasteiger partial charge is 0.169 e. The van der Waals surface area contributed by atoms with Crippen LogP contribution in [0.3, 0.4) is 0 Å². The number of methoxy groups -OCH3 is 1. The van der Waals surface area contributed by atoms with Crippen LogP contribution in [0.5, 0.6) is 11.5 Å². The van der Waals surface area contributed by atoms with Gasteiger partial charge in [-0.15, -0.1) is 0 Å². The third kappa shape index (κ3) is 5.38. The largest absolute Gasteiger partial charge is 0.493 e. The lowest BCUT2D eigenvalue weighted by molar-refractivity contribution is 0.288. The summed E-state index contributed by atoms with van der Waals surface area (Å²) < 4.78 is 14.1. The molecule has 0 saturated heterocycles. The van der Waals surface area contributed by atoms with E-state index in [1.807, 2.05) is 35.0 Å². The van der Waals surface area contributed by atoms with Gasteiger partial charge in [0, 0.05) is 28.9 Å². The average molecular weight is 457 g/mol. The number of hydrogen-bond acceptors (Lipinski definition) is 4. The second-order valence-electron chi connectivity index (χ2n) is 6.85. The molecular formula is C23H27BrN3O2. The van der Waals surface area contributed by atoms with Crippen LogP contribution in [0.2, 0.25) is 0 Å². The molecule has 6 heteroatoms. The molecule has 0 bridgehead atoms. The van der Waals surface area contributed by atoms with E-state index in [0.29, 0.717) is 24.0 Å². The predicted molar refractivity (Wildman–Crippen MR) is 118 cm³/mol. The molecule has 3 rings (SSSR count). The molecule has 29 heavy (non-hydrogen) atoms. The normalized spacial score (nSPS) is 11.1. The lowest BCUT2D eigenvalue weighted by atomic mass is 9.95. The molecule has 0 atom stereocenters. The zero-order valence-corrected chi connectivity index (χ0v) is 18.8. The fourth-order valence-electron chi connectivity index (χ4n) is 3.37. The Balaban J connectivity index is 1.72. The summed E-state index contributed by atoms with van der Waals surface area (Å²) in [5, 5.41) is 4.89. The highest BCUT2D eigenvalue weighted by molar-refractivity contribution is 9.10. The van der Waals surface area contributed by atoms with E-state index in [2.05, 4.69) is 47.0 Å². The van der Waals surface area contributed by atoms with Gasteiger partial charge in [-0.25, -0.2) is 9.67 Å². The fourth-order valence-corrected chi connectivity index (χ4v) is 3.61. The van der Waals surface area contributed by atoms with Crippen LogP contribution >= 0.6 is 15.9 Å². The standard InChI is InChI=1S/C23H27BrN3O2/c1-4-17(5-2)23-18(16-27(26-23)22-13-12-19(24)15-25-22)9-8-14-29-21-11-7-6-10-20(21)28-3/h6-7,10,12-13,15-17H,4-5,8-9,14H2,1-3H3. The molecule has 0 amide bonds. The van der Waals surface area contributed by atoms with Crippen LogP contribution in [0.4, 0.5) is 0 Å². The van der Waals surface area contributed by atoms with Gasteiger partial charge in [0.2, 0.25) is 0 Å². The molecule has 0 unspecified atom stereocenters. The third-order valence-corrected chi connectivity index (χ3v) is 5.45. The lowest BCUT2D eigenvalue weighted by Gasteiger charge is -2.12. The quantitative estimate of drug-likeness (QED) is 0.364. The Hall–Kier alpha value is -2.34. The molecule has 1 radical (unpaired) electrons. The van der Waals surface area contributed by atoms with Crippen molar-refractivity contribution >= 4 is 15.9 Å². The first kappa shape index (κ1) is 21.4. The van der Waals surface area contributed by atoms with Gasteiger partial charge in [0.15, 0.2) is 17.3 Å². The van der Waals surface area contributed by atoms with Crippen LogP contribution in [-0.4, -0.2) is 28.5 Å². The maximum Gasteiger partial charge on any atom is 0.169 e. The van der Waals surface area contributed by atoms with E-state index in [1.165, 1.54) is 11.3 Å². The van der Waals surface area contributed by atoms with Crippen molar-refractivity contribution in [3.8, 4) is 17.3 Å². The van der Waals surface area contributed by atoms with Gasteiger partial charge in [-0.1, -0.05) is 26.0 Å². The van der Waals surface area contributed by atoms with Crippen molar-refractivity contribution in [2.45, 2.75) is 45.4 Å². The Kier molecular flexibility index (Phi) is 7.69. The second-order valence-corrected chi connectivity index (χ2v) is 7.77. The number of benzene rings is 1. The highest BCUT2D eigenvalue weighted by Gasteiger charge is 2.18. The minimum Gasteiger partial charge on any atom is -0.493 e. The zero-order valence-electron chi connectivity index (χ0n) is 17.2. The Bertz CT molecular complexity index is 905. The Morgan fingerprint density at radius 2 is 2.03 bits per heavy atom. The van der Waals surface area contributed by atoms with E-state index in [-0.39, 0.29) is 0 Å². The Labute approximate surface area is 181 Å². The zero-order chi connectivity index (χ0) is 20.6. The molecule has 1 aromatic carbocycles. The molecule has 0 aliphatic heterocycles. The van der Waals surface area contributed by atoms with Gasteiger partial charge in [-0.05, 0) is 65.4 Å². The summed E-state index contributed by atoms with van der Waals surface area (Å²) in [7, 11) is 1.64. The van der Waals surface area contributed by atoms with Gasteiger partial charge in [0.25, 0.3) is 0 Å². The van der Waals surface area contributed by atoms with Crippen molar-refractivity contribution in [2.24, 2.45) is 0 Å². The third-order valence-electron chi connectivity index (χ3n) is 4.98. The number of nitrogens with zero attached hydrogens (tertiary/aromatic N) is 3. The van der Waals surface area contributed by atoms with E-state index in [1.54, 1.807) is 13.3 Å². The van der Waals surface area contributed by atoms with Gasteiger partial charge >= 0.3 is 0 Å². The SMILES string of the molecule is CCC(CC)c1nn(-c2ccc(Br)cn2)cc1CCCOc1[c]cccc1OC. The van der Waals surface area contributed by atoms with E-state index < -0.39 is 0 Å². The molecule has 2 heterocycles. The van der Waals surface area contributed by atoms with E-state index in [0.717, 1.165) is 36.0 Å². The van der Waals surface area contributed by atoms with Crippen LogP contribution in [-0.2, 0) is 6.42 Å². The summed E-state index contributed by atoms with van der Waals surface area (Å²) in [4.78, 5) is 4.48. The summed E-state index contributed by atoms with van der Waals surface area (Å²) in [6.45, 7) is 5.03. The molecule has 0 saturated carbocycles. The van der Waals surface area contributed by atoms with Gasteiger partial charge in [-0.3, -0.25) is 0 Å². The van der Waals surface area contributed by atoms with Crippen LogP contribution in [0.1, 0.15) is 50.3 Å². The van der Waals surface area contributed by atoms with Crippen LogP contribution in [0.15, 0.2) is 47.2 Å². The van der Waals surface area contributed by atoms with Crippen molar-refractivity contribution < 1.29 is 9.47 Å². The molecule has 2 aromatic heterocycles.